The van der Waals surface area contributed by atoms with Crippen LogP contribution in [0.15, 0.2) is 53.5 Å². The molecule has 0 aliphatic carbocycles. The molecule has 146 valence electrons. The number of ether oxygens (including phenoxy) is 1. The molecule has 0 aliphatic rings. The highest BCUT2D eigenvalue weighted by Crippen LogP contribution is 2.15. The molecule has 3 rings (SSSR count). The van der Waals surface area contributed by atoms with E-state index in [-0.39, 0.29) is 12.3 Å². The third kappa shape index (κ3) is 4.34. The third-order valence-corrected chi connectivity index (χ3v) is 4.38. The Balaban J connectivity index is 2.08. The number of ketones is 1. The fourth-order valence-corrected chi connectivity index (χ4v) is 3.03. The highest BCUT2D eigenvalue weighted by molar-refractivity contribution is 6.30. The van der Waals surface area contributed by atoms with Crippen LogP contribution in [0.2, 0.25) is 5.02 Å². The number of nitrogens with zero attached hydrogens (tertiary/aromatic N) is 3. The van der Waals surface area contributed by atoms with Crippen LogP contribution in [0.4, 0.5) is 4.79 Å². The number of fused-ring (bicyclic) bond motifs is 1. The van der Waals surface area contributed by atoms with E-state index in [4.69, 9.17) is 16.3 Å². The fourth-order valence-electron chi connectivity index (χ4n) is 2.90. The van der Waals surface area contributed by atoms with Crippen molar-refractivity contribution in [1.82, 2.24) is 9.13 Å². The topological polar surface area (TPSA) is 65.6 Å². The molecule has 1 aromatic heterocycles. The van der Waals surface area contributed by atoms with Gasteiger partial charge in [-0.15, -0.1) is 4.99 Å². The van der Waals surface area contributed by atoms with Crippen molar-refractivity contribution in [3.63, 3.8) is 0 Å². The van der Waals surface area contributed by atoms with E-state index in [0.29, 0.717) is 16.2 Å². The summed E-state index contributed by atoms with van der Waals surface area (Å²) in [6, 6.07) is 14.3. The summed E-state index contributed by atoms with van der Waals surface area (Å²) in [6.45, 7) is 5.37. The van der Waals surface area contributed by atoms with Gasteiger partial charge >= 0.3 is 6.09 Å². The van der Waals surface area contributed by atoms with E-state index in [9.17, 15) is 9.59 Å². The molecule has 3 aromatic rings. The molecule has 0 unspecified atom stereocenters. The molecular formula is C21H22ClN3O3. The number of Topliss-reactive ketones (excluding diaryl/α,β-unsaturated/α-hetero) is 1. The van der Waals surface area contributed by atoms with Gasteiger partial charge in [0.2, 0.25) is 5.62 Å². The van der Waals surface area contributed by atoms with Crippen LogP contribution in [-0.4, -0.2) is 26.6 Å². The van der Waals surface area contributed by atoms with Crippen LogP contribution in [0.5, 0.6) is 0 Å². The minimum atomic E-state index is -0.703. The predicted molar refractivity (Wildman–Crippen MR) is 108 cm³/mol. The van der Waals surface area contributed by atoms with E-state index < -0.39 is 11.7 Å². The molecule has 7 heteroatoms. The maximum Gasteiger partial charge on any atom is 0.437 e. The number of amides is 1. The van der Waals surface area contributed by atoms with Crippen LogP contribution in [0.25, 0.3) is 11.0 Å². The first-order valence-corrected chi connectivity index (χ1v) is 9.24. The van der Waals surface area contributed by atoms with Crippen molar-refractivity contribution in [1.29, 1.82) is 0 Å². The van der Waals surface area contributed by atoms with Crippen molar-refractivity contribution < 1.29 is 14.3 Å². The first-order chi connectivity index (χ1) is 13.2. The number of hydrogen-bond acceptors (Lipinski definition) is 3. The number of para-hydroxylation sites is 2. The van der Waals surface area contributed by atoms with Gasteiger partial charge in [0.25, 0.3) is 0 Å². The molecule has 0 atom stereocenters. The van der Waals surface area contributed by atoms with Crippen molar-refractivity contribution in [2.45, 2.75) is 32.9 Å². The number of aryl methyl sites for hydroxylation is 1. The Morgan fingerprint density at radius 3 is 2.25 bits per heavy atom. The first kappa shape index (κ1) is 19.9. The SMILES string of the molecule is Cn1/c(=N/C(=O)OC(C)(C)C)n(CC(=O)c2ccc(Cl)cc2)c2ccccc21. The highest BCUT2D eigenvalue weighted by Gasteiger charge is 2.18. The van der Waals surface area contributed by atoms with E-state index >= 15 is 0 Å². The van der Waals surface area contributed by atoms with Gasteiger partial charge in [-0.25, -0.2) is 4.79 Å². The van der Waals surface area contributed by atoms with Crippen molar-refractivity contribution in [2.24, 2.45) is 12.0 Å². The second-order valence-corrected chi connectivity index (χ2v) is 7.89. The number of rotatable bonds is 3. The fraction of sp³-hybridized carbons (Fsp3) is 0.286. The Kier molecular flexibility index (Phi) is 5.42. The van der Waals surface area contributed by atoms with Gasteiger partial charge in [0, 0.05) is 17.6 Å². The van der Waals surface area contributed by atoms with Crippen molar-refractivity contribution >= 4 is 34.5 Å². The Labute approximate surface area is 168 Å². The average Bonchev–Trinajstić information content (AvgIpc) is 2.87. The van der Waals surface area contributed by atoms with Gasteiger partial charge < -0.3 is 13.9 Å². The minimum absolute atomic E-state index is 0.0324. The van der Waals surface area contributed by atoms with Crippen LogP contribution in [0, 0.1) is 0 Å². The van der Waals surface area contributed by atoms with E-state index in [0.717, 1.165) is 11.0 Å². The van der Waals surface area contributed by atoms with Gasteiger partial charge in [0.15, 0.2) is 5.78 Å². The van der Waals surface area contributed by atoms with Crippen LogP contribution >= 0.6 is 11.6 Å². The summed E-state index contributed by atoms with van der Waals surface area (Å²) in [6.07, 6.45) is -0.703. The summed E-state index contributed by atoms with van der Waals surface area (Å²) in [5.41, 5.74) is 1.88. The highest BCUT2D eigenvalue weighted by atomic mass is 35.5. The minimum Gasteiger partial charge on any atom is -0.442 e. The summed E-state index contributed by atoms with van der Waals surface area (Å²) >= 11 is 5.91. The third-order valence-electron chi connectivity index (χ3n) is 4.13. The lowest BCUT2D eigenvalue weighted by Crippen LogP contribution is -2.30. The van der Waals surface area contributed by atoms with E-state index in [2.05, 4.69) is 4.99 Å². The molecule has 0 saturated heterocycles. The maximum absolute atomic E-state index is 12.8. The number of benzene rings is 2. The smallest absolute Gasteiger partial charge is 0.437 e. The maximum atomic E-state index is 12.8. The van der Waals surface area contributed by atoms with Crippen molar-refractivity contribution in [2.75, 3.05) is 0 Å². The Hall–Kier alpha value is -2.86. The normalized spacial score (nSPS) is 12.4. The second kappa shape index (κ2) is 7.64. The van der Waals surface area contributed by atoms with Crippen LogP contribution < -0.4 is 5.62 Å². The number of carbonyl (C=O) groups is 2. The number of imidazole rings is 1. The van der Waals surface area contributed by atoms with Gasteiger partial charge in [-0.05, 0) is 57.2 Å². The van der Waals surface area contributed by atoms with Gasteiger partial charge in [0.1, 0.15) is 5.60 Å². The molecule has 0 bridgehead atoms. The molecule has 28 heavy (non-hydrogen) atoms. The Morgan fingerprint density at radius 1 is 1.04 bits per heavy atom. The van der Waals surface area contributed by atoms with Crippen LogP contribution in [-0.2, 0) is 18.3 Å². The molecule has 0 aliphatic heterocycles. The van der Waals surface area contributed by atoms with Crippen molar-refractivity contribution in [3.8, 4) is 0 Å². The van der Waals surface area contributed by atoms with Gasteiger partial charge in [0.05, 0.1) is 17.6 Å². The number of carbonyl (C=O) groups excluding carboxylic acids is 2. The lowest BCUT2D eigenvalue weighted by atomic mass is 10.1. The summed E-state index contributed by atoms with van der Waals surface area (Å²) in [4.78, 5) is 29.2. The van der Waals surface area contributed by atoms with Crippen molar-refractivity contribution in [3.05, 3.63) is 64.7 Å². The molecule has 1 amide bonds. The summed E-state index contributed by atoms with van der Waals surface area (Å²) in [5, 5.41) is 0.565. The molecule has 6 nitrogen and oxygen atoms in total. The zero-order chi connectivity index (χ0) is 20.5. The molecule has 1 heterocycles. The monoisotopic (exact) mass is 399 g/mol. The van der Waals surface area contributed by atoms with Gasteiger partial charge in [-0.1, -0.05) is 23.7 Å². The van der Waals surface area contributed by atoms with E-state index in [1.54, 1.807) is 61.2 Å². The van der Waals surface area contributed by atoms with Crippen LogP contribution in [0.1, 0.15) is 31.1 Å². The summed E-state index contributed by atoms with van der Waals surface area (Å²) in [7, 11) is 1.80. The molecule has 0 fully saturated rings. The first-order valence-electron chi connectivity index (χ1n) is 8.86. The molecular weight excluding hydrogens is 378 g/mol. The van der Waals surface area contributed by atoms with Crippen LogP contribution in [0.3, 0.4) is 0 Å². The zero-order valence-corrected chi connectivity index (χ0v) is 17.0. The molecule has 0 N–H and O–H groups in total. The molecule has 0 spiro atoms. The Bertz CT molecular complexity index is 1100. The average molecular weight is 400 g/mol. The lowest BCUT2D eigenvalue weighted by molar-refractivity contribution is 0.0592. The molecule has 0 radical (unpaired) electrons. The van der Waals surface area contributed by atoms with Gasteiger partial charge in [-0.2, -0.15) is 0 Å². The predicted octanol–water partition coefficient (Wildman–Crippen LogP) is 4.35. The number of aromatic nitrogens is 2. The second-order valence-electron chi connectivity index (χ2n) is 7.46. The molecule has 2 aromatic carbocycles. The lowest BCUT2D eigenvalue weighted by Gasteiger charge is -2.17. The number of halogens is 1. The summed E-state index contributed by atoms with van der Waals surface area (Å²) < 4.78 is 8.81. The molecule has 0 saturated carbocycles. The summed E-state index contributed by atoms with van der Waals surface area (Å²) in [5.74, 6) is -0.112. The zero-order valence-electron chi connectivity index (χ0n) is 16.3. The van der Waals surface area contributed by atoms with Gasteiger partial charge in [-0.3, -0.25) is 4.79 Å². The van der Waals surface area contributed by atoms with E-state index in [1.807, 2.05) is 24.3 Å². The Morgan fingerprint density at radius 2 is 1.64 bits per heavy atom. The standard InChI is InChI=1S/C21H22ClN3O3/c1-21(2,3)28-20(27)23-19-24(4)16-7-5-6-8-17(16)25(19)13-18(26)14-9-11-15(22)12-10-14/h5-12H,13H2,1-4H3/b23-19-. The number of hydrogen-bond donors (Lipinski definition) is 0. The quantitative estimate of drug-likeness (QED) is 0.615. The van der Waals surface area contributed by atoms with E-state index in [1.165, 1.54) is 0 Å². The largest absolute Gasteiger partial charge is 0.442 e.